The second-order valence-electron chi connectivity index (χ2n) is 2.85. The summed E-state index contributed by atoms with van der Waals surface area (Å²) in [6.07, 6.45) is 1.33. The van der Waals surface area contributed by atoms with Crippen LogP contribution in [0, 0.1) is 0 Å². The maximum Gasteiger partial charge on any atom is 0.224 e. The van der Waals surface area contributed by atoms with Crippen LogP contribution in [0.5, 0.6) is 5.75 Å². The van der Waals surface area contributed by atoms with Gasteiger partial charge < -0.3 is 10.4 Å². The van der Waals surface area contributed by atoms with Gasteiger partial charge in [0.2, 0.25) is 5.91 Å². The highest BCUT2D eigenvalue weighted by Crippen LogP contribution is 2.15. The first-order valence-electron chi connectivity index (χ1n) is 4.31. The van der Waals surface area contributed by atoms with Gasteiger partial charge in [0.15, 0.2) is 0 Å². The van der Waals surface area contributed by atoms with E-state index in [2.05, 4.69) is 5.32 Å². The van der Waals surface area contributed by atoms with Gasteiger partial charge in [0.05, 0.1) is 0 Å². The second-order valence-corrected chi connectivity index (χ2v) is 2.85. The summed E-state index contributed by atoms with van der Waals surface area (Å²) >= 11 is 0. The van der Waals surface area contributed by atoms with Gasteiger partial charge in [0.25, 0.3) is 0 Å². The summed E-state index contributed by atoms with van der Waals surface area (Å²) in [7, 11) is 0. The molecule has 70 valence electrons. The number of amides is 1. The van der Waals surface area contributed by atoms with Gasteiger partial charge in [-0.15, -0.1) is 0 Å². The number of rotatable bonds is 3. The zero-order chi connectivity index (χ0) is 9.68. The quantitative estimate of drug-likeness (QED) is 0.746. The van der Waals surface area contributed by atoms with Crippen molar-refractivity contribution in [2.75, 3.05) is 5.32 Å². The summed E-state index contributed by atoms with van der Waals surface area (Å²) < 4.78 is 0. The van der Waals surface area contributed by atoms with E-state index < -0.39 is 0 Å². The van der Waals surface area contributed by atoms with E-state index in [0.717, 1.165) is 6.42 Å². The molecule has 1 aromatic rings. The first-order chi connectivity index (χ1) is 6.22. The lowest BCUT2D eigenvalue weighted by Gasteiger charge is -2.03. The van der Waals surface area contributed by atoms with Gasteiger partial charge in [-0.05, 0) is 18.6 Å². The van der Waals surface area contributed by atoms with Crippen molar-refractivity contribution in [3.8, 4) is 5.75 Å². The van der Waals surface area contributed by atoms with Crippen molar-refractivity contribution in [3.63, 3.8) is 0 Å². The lowest BCUT2D eigenvalue weighted by Crippen LogP contribution is -2.10. The smallest absolute Gasteiger partial charge is 0.224 e. The van der Waals surface area contributed by atoms with Gasteiger partial charge in [0, 0.05) is 18.2 Å². The van der Waals surface area contributed by atoms with Crippen LogP contribution in [-0.4, -0.2) is 11.0 Å². The third kappa shape index (κ3) is 3.15. The normalized spacial score (nSPS) is 9.62. The summed E-state index contributed by atoms with van der Waals surface area (Å²) in [5, 5.41) is 11.8. The fourth-order valence-electron chi connectivity index (χ4n) is 1.03. The molecule has 0 aliphatic heterocycles. The van der Waals surface area contributed by atoms with E-state index in [1.807, 2.05) is 6.92 Å². The van der Waals surface area contributed by atoms with Gasteiger partial charge in [-0.3, -0.25) is 4.79 Å². The number of phenolic OH excluding ortho intramolecular Hbond substituents is 1. The molecule has 3 heteroatoms. The SMILES string of the molecule is CCCC(=O)Nc1cccc(O)c1. The molecule has 0 spiro atoms. The molecule has 0 saturated carbocycles. The molecular formula is C10H13NO2. The highest BCUT2D eigenvalue weighted by molar-refractivity contribution is 5.90. The average Bonchev–Trinajstić information content (AvgIpc) is 2.04. The Morgan fingerprint density at radius 2 is 2.31 bits per heavy atom. The van der Waals surface area contributed by atoms with E-state index in [-0.39, 0.29) is 11.7 Å². The van der Waals surface area contributed by atoms with E-state index in [0.29, 0.717) is 12.1 Å². The third-order valence-electron chi connectivity index (χ3n) is 1.61. The van der Waals surface area contributed by atoms with Gasteiger partial charge in [-0.25, -0.2) is 0 Å². The topological polar surface area (TPSA) is 49.3 Å². The molecule has 0 radical (unpaired) electrons. The summed E-state index contributed by atoms with van der Waals surface area (Å²) in [5.74, 6) is 0.141. The molecule has 0 aromatic heterocycles. The summed E-state index contributed by atoms with van der Waals surface area (Å²) in [6, 6.07) is 6.52. The standard InChI is InChI=1S/C10H13NO2/c1-2-4-10(13)11-8-5-3-6-9(12)7-8/h3,5-7,12H,2,4H2,1H3,(H,11,13). The van der Waals surface area contributed by atoms with Gasteiger partial charge in [0.1, 0.15) is 5.75 Å². The molecule has 0 unspecified atom stereocenters. The van der Waals surface area contributed by atoms with Gasteiger partial charge in [-0.2, -0.15) is 0 Å². The average molecular weight is 179 g/mol. The summed E-state index contributed by atoms with van der Waals surface area (Å²) in [5.41, 5.74) is 0.637. The molecule has 1 aromatic carbocycles. The van der Waals surface area contributed by atoms with E-state index in [1.165, 1.54) is 6.07 Å². The van der Waals surface area contributed by atoms with Crippen LogP contribution in [-0.2, 0) is 4.79 Å². The Kier molecular flexibility index (Phi) is 3.31. The Bertz CT molecular complexity index is 297. The molecule has 0 heterocycles. The molecule has 1 amide bonds. The van der Waals surface area contributed by atoms with Crippen LogP contribution in [0.15, 0.2) is 24.3 Å². The van der Waals surface area contributed by atoms with E-state index in [4.69, 9.17) is 5.11 Å². The summed E-state index contributed by atoms with van der Waals surface area (Å²) in [6.45, 7) is 1.95. The third-order valence-corrected chi connectivity index (χ3v) is 1.61. The van der Waals surface area contributed by atoms with Crippen molar-refractivity contribution < 1.29 is 9.90 Å². The van der Waals surface area contributed by atoms with Crippen LogP contribution < -0.4 is 5.32 Å². The fourth-order valence-corrected chi connectivity index (χ4v) is 1.03. The van der Waals surface area contributed by atoms with Crippen molar-refractivity contribution >= 4 is 11.6 Å². The number of carbonyl (C=O) groups is 1. The first kappa shape index (κ1) is 9.58. The molecular weight excluding hydrogens is 166 g/mol. The number of nitrogens with one attached hydrogen (secondary N) is 1. The first-order valence-corrected chi connectivity index (χ1v) is 4.31. The maximum absolute atomic E-state index is 11.1. The Balaban J connectivity index is 2.58. The summed E-state index contributed by atoms with van der Waals surface area (Å²) in [4.78, 5) is 11.1. The van der Waals surface area contributed by atoms with Gasteiger partial charge >= 0.3 is 0 Å². The fraction of sp³-hybridized carbons (Fsp3) is 0.300. The zero-order valence-electron chi connectivity index (χ0n) is 7.58. The van der Waals surface area contributed by atoms with Crippen LogP contribution in [0.1, 0.15) is 19.8 Å². The lowest BCUT2D eigenvalue weighted by molar-refractivity contribution is -0.116. The Labute approximate surface area is 77.4 Å². The minimum Gasteiger partial charge on any atom is -0.508 e. The molecule has 0 aliphatic rings. The largest absolute Gasteiger partial charge is 0.508 e. The molecule has 0 aliphatic carbocycles. The van der Waals surface area contributed by atoms with Crippen molar-refractivity contribution in [1.82, 2.24) is 0 Å². The Morgan fingerprint density at radius 3 is 2.92 bits per heavy atom. The van der Waals surface area contributed by atoms with Crippen LogP contribution in [0.2, 0.25) is 0 Å². The number of benzene rings is 1. The number of phenols is 1. The van der Waals surface area contributed by atoms with Crippen LogP contribution in [0.4, 0.5) is 5.69 Å². The van der Waals surface area contributed by atoms with E-state index >= 15 is 0 Å². The number of aromatic hydroxyl groups is 1. The van der Waals surface area contributed by atoms with Crippen LogP contribution in [0.25, 0.3) is 0 Å². The van der Waals surface area contributed by atoms with E-state index in [1.54, 1.807) is 18.2 Å². The Hall–Kier alpha value is -1.51. The van der Waals surface area contributed by atoms with Gasteiger partial charge in [-0.1, -0.05) is 13.0 Å². The van der Waals surface area contributed by atoms with Crippen molar-refractivity contribution in [3.05, 3.63) is 24.3 Å². The number of anilines is 1. The minimum atomic E-state index is -0.0203. The monoisotopic (exact) mass is 179 g/mol. The zero-order valence-corrected chi connectivity index (χ0v) is 7.58. The van der Waals surface area contributed by atoms with Crippen molar-refractivity contribution in [1.29, 1.82) is 0 Å². The predicted octanol–water partition coefficient (Wildman–Crippen LogP) is 2.13. The van der Waals surface area contributed by atoms with Crippen LogP contribution in [0.3, 0.4) is 0 Å². The maximum atomic E-state index is 11.1. The Morgan fingerprint density at radius 1 is 1.54 bits per heavy atom. The highest BCUT2D eigenvalue weighted by Gasteiger charge is 2.00. The molecule has 1 rings (SSSR count). The molecule has 2 N–H and O–H groups in total. The predicted molar refractivity (Wildman–Crippen MR) is 51.6 cm³/mol. The highest BCUT2D eigenvalue weighted by atomic mass is 16.3. The molecule has 3 nitrogen and oxygen atoms in total. The molecule has 0 bridgehead atoms. The van der Waals surface area contributed by atoms with Crippen LogP contribution >= 0.6 is 0 Å². The molecule has 13 heavy (non-hydrogen) atoms. The number of carbonyl (C=O) groups excluding carboxylic acids is 1. The molecule has 0 fully saturated rings. The van der Waals surface area contributed by atoms with Crippen molar-refractivity contribution in [2.24, 2.45) is 0 Å². The van der Waals surface area contributed by atoms with Crippen molar-refractivity contribution in [2.45, 2.75) is 19.8 Å². The molecule has 0 atom stereocenters. The second kappa shape index (κ2) is 4.50. The molecule has 0 saturated heterocycles. The van der Waals surface area contributed by atoms with E-state index in [9.17, 15) is 4.79 Å². The lowest BCUT2D eigenvalue weighted by atomic mass is 10.2. The number of hydrogen-bond donors (Lipinski definition) is 2. The number of hydrogen-bond acceptors (Lipinski definition) is 2. The minimum absolute atomic E-state index is 0.0203.